The predicted octanol–water partition coefficient (Wildman–Crippen LogP) is 1.93. The van der Waals surface area contributed by atoms with Crippen LogP contribution in [0.3, 0.4) is 0 Å². The molecule has 2 bridgehead atoms. The van der Waals surface area contributed by atoms with Gasteiger partial charge in [-0.05, 0) is 50.9 Å². The predicted molar refractivity (Wildman–Crippen MR) is 71.8 cm³/mol. The molecule has 100 valence electrons. The molecule has 5 atom stereocenters. The number of amides is 1. The van der Waals surface area contributed by atoms with Crippen LogP contribution in [-0.4, -0.2) is 29.4 Å². The Morgan fingerprint density at radius 3 is 2.78 bits per heavy atom. The fourth-order valence-corrected chi connectivity index (χ4v) is 4.17. The van der Waals surface area contributed by atoms with Gasteiger partial charge in [-0.3, -0.25) is 4.79 Å². The van der Waals surface area contributed by atoms with Crippen LogP contribution >= 0.6 is 0 Å². The summed E-state index contributed by atoms with van der Waals surface area (Å²) in [6, 6.07) is 0.660. The average Bonchev–Trinajstić information content (AvgIpc) is 2.99. The van der Waals surface area contributed by atoms with E-state index in [1.54, 1.807) is 0 Å². The largest absolute Gasteiger partial charge is 0.335 e. The Bertz CT molecular complexity index is 366. The summed E-state index contributed by atoms with van der Waals surface area (Å²) in [4.78, 5) is 14.9. The van der Waals surface area contributed by atoms with Crippen molar-refractivity contribution in [1.82, 2.24) is 4.90 Å². The maximum absolute atomic E-state index is 12.8. The minimum Gasteiger partial charge on any atom is -0.335 e. The molecule has 0 spiro atoms. The van der Waals surface area contributed by atoms with E-state index in [1.807, 2.05) is 0 Å². The van der Waals surface area contributed by atoms with Crippen molar-refractivity contribution >= 4 is 5.91 Å². The van der Waals surface area contributed by atoms with Crippen molar-refractivity contribution < 1.29 is 4.79 Å². The summed E-state index contributed by atoms with van der Waals surface area (Å²) in [6.07, 6.45) is 10.3. The first kappa shape index (κ1) is 12.2. The van der Waals surface area contributed by atoms with Crippen LogP contribution < -0.4 is 5.73 Å². The molecule has 3 aliphatic rings. The molecule has 0 aromatic heterocycles. The quantitative estimate of drug-likeness (QED) is 0.759. The number of carbonyl (C=O) groups is 1. The molecule has 3 heteroatoms. The summed E-state index contributed by atoms with van der Waals surface area (Å²) in [6.45, 7) is 2.80. The van der Waals surface area contributed by atoms with E-state index in [0.717, 1.165) is 19.3 Å². The summed E-state index contributed by atoms with van der Waals surface area (Å²) >= 11 is 0. The highest BCUT2D eigenvalue weighted by Gasteiger charge is 2.44. The number of nitrogens with two attached hydrogens (primary N) is 1. The molecule has 18 heavy (non-hydrogen) atoms. The van der Waals surface area contributed by atoms with Crippen molar-refractivity contribution in [3.8, 4) is 0 Å². The van der Waals surface area contributed by atoms with Crippen molar-refractivity contribution in [3.63, 3.8) is 0 Å². The molecule has 2 N–H and O–H groups in total. The van der Waals surface area contributed by atoms with Gasteiger partial charge in [0.15, 0.2) is 0 Å². The average molecular weight is 248 g/mol. The number of carbonyl (C=O) groups excluding carboxylic acids is 1. The van der Waals surface area contributed by atoms with E-state index in [0.29, 0.717) is 30.3 Å². The molecule has 1 amide bonds. The van der Waals surface area contributed by atoms with Crippen molar-refractivity contribution in [3.05, 3.63) is 12.2 Å². The summed E-state index contributed by atoms with van der Waals surface area (Å²) in [5.41, 5.74) is 5.86. The Labute approximate surface area is 109 Å². The lowest BCUT2D eigenvalue weighted by Gasteiger charge is -2.42. The molecular formula is C15H24N2O. The molecule has 0 aromatic carbocycles. The van der Waals surface area contributed by atoms with Crippen LogP contribution in [0.5, 0.6) is 0 Å². The lowest BCUT2D eigenvalue weighted by atomic mass is 9.88. The molecule has 1 heterocycles. The third-order valence-corrected chi connectivity index (χ3v) is 5.15. The zero-order valence-corrected chi connectivity index (χ0v) is 11.2. The monoisotopic (exact) mass is 248 g/mol. The number of nitrogens with zero attached hydrogens (tertiary/aromatic N) is 1. The first-order valence-corrected chi connectivity index (χ1v) is 7.41. The van der Waals surface area contributed by atoms with E-state index in [1.165, 1.54) is 12.8 Å². The Morgan fingerprint density at radius 2 is 2.17 bits per heavy atom. The van der Waals surface area contributed by atoms with Crippen LogP contribution in [0, 0.1) is 17.8 Å². The van der Waals surface area contributed by atoms with Crippen LogP contribution in [0.1, 0.15) is 39.0 Å². The molecule has 2 aliphatic carbocycles. The molecule has 1 saturated carbocycles. The van der Waals surface area contributed by atoms with Crippen LogP contribution in [0.25, 0.3) is 0 Å². The fraction of sp³-hybridized carbons (Fsp3) is 0.800. The Kier molecular flexibility index (Phi) is 3.18. The van der Waals surface area contributed by atoms with Crippen molar-refractivity contribution in [2.75, 3.05) is 6.54 Å². The van der Waals surface area contributed by atoms with Crippen LogP contribution in [0.4, 0.5) is 0 Å². The Hall–Kier alpha value is -0.830. The minimum atomic E-state index is 0.245. The van der Waals surface area contributed by atoms with Gasteiger partial charge in [-0.15, -0.1) is 0 Å². The smallest absolute Gasteiger partial charge is 0.226 e. The fourth-order valence-electron chi connectivity index (χ4n) is 4.17. The van der Waals surface area contributed by atoms with Gasteiger partial charge in [0.05, 0.1) is 0 Å². The summed E-state index contributed by atoms with van der Waals surface area (Å²) < 4.78 is 0. The van der Waals surface area contributed by atoms with Gasteiger partial charge in [-0.25, -0.2) is 0 Å². The molecule has 1 saturated heterocycles. The number of hydrogen-bond donors (Lipinski definition) is 1. The molecular weight excluding hydrogens is 224 g/mol. The standard InChI is InChI=1S/C15H24N2O/c1-10-3-2-4-13(9-16)17(10)15(18)14-8-11-5-6-12(14)7-11/h5-6,10-14H,2-4,7-9,16H2,1H3. The molecule has 5 unspecified atom stereocenters. The molecule has 3 nitrogen and oxygen atoms in total. The maximum atomic E-state index is 12.8. The zero-order chi connectivity index (χ0) is 12.7. The third kappa shape index (κ3) is 1.89. The van der Waals surface area contributed by atoms with Gasteiger partial charge in [0, 0.05) is 24.5 Å². The Morgan fingerprint density at radius 1 is 1.33 bits per heavy atom. The van der Waals surface area contributed by atoms with Gasteiger partial charge in [-0.1, -0.05) is 12.2 Å². The first-order chi connectivity index (χ1) is 8.70. The number of rotatable bonds is 2. The summed E-state index contributed by atoms with van der Waals surface area (Å²) in [5, 5.41) is 0. The number of hydrogen-bond acceptors (Lipinski definition) is 2. The van der Waals surface area contributed by atoms with Gasteiger partial charge in [0.1, 0.15) is 0 Å². The second-order valence-corrected chi connectivity index (χ2v) is 6.30. The van der Waals surface area contributed by atoms with Crippen molar-refractivity contribution in [2.24, 2.45) is 23.5 Å². The molecule has 3 rings (SSSR count). The SMILES string of the molecule is CC1CCCC(CN)N1C(=O)C1CC2C=CC1C2. The lowest BCUT2D eigenvalue weighted by molar-refractivity contribution is -0.142. The van der Waals surface area contributed by atoms with Crippen LogP contribution in [-0.2, 0) is 4.79 Å². The molecule has 0 radical (unpaired) electrons. The van der Waals surface area contributed by atoms with Gasteiger partial charge in [-0.2, -0.15) is 0 Å². The van der Waals surface area contributed by atoms with Crippen molar-refractivity contribution in [2.45, 2.75) is 51.1 Å². The summed E-state index contributed by atoms with van der Waals surface area (Å²) in [7, 11) is 0. The second-order valence-electron chi connectivity index (χ2n) is 6.30. The van der Waals surface area contributed by atoms with Gasteiger partial charge >= 0.3 is 0 Å². The molecule has 2 fully saturated rings. The Balaban J connectivity index is 1.75. The zero-order valence-electron chi connectivity index (χ0n) is 11.2. The van der Waals surface area contributed by atoms with Gasteiger partial charge in [0.2, 0.25) is 5.91 Å². The highest BCUT2D eigenvalue weighted by atomic mass is 16.2. The van der Waals surface area contributed by atoms with E-state index >= 15 is 0 Å². The minimum absolute atomic E-state index is 0.245. The highest BCUT2D eigenvalue weighted by Crippen LogP contribution is 2.45. The highest BCUT2D eigenvalue weighted by molar-refractivity contribution is 5.81. The van der Waals surface area contributed by atoms with E-state index < -0.39 is 0 Å². The first-order valence-electron chi connectivity index (χ1n) is 7.41. The lowest BCUT2D eigenvalue weighted by Crippen LogP contribution is -2.54. The van der Waals surface area contributed by atoms with E-state index in [4.69, 9.17) is 5.73 Å². The number of likely N-dealkylation sites (tertiary alicyclic amines) is 1. The van der Waals surface area contributed by atoms with E-state index in [9.17, 15) is 4.79 Å². The van der Waals surface area contributed by atoms with Crippen LogP contribution in [0.2, 0.25) is 0 Å². The summed E-state index contributed by atoms with van der Waals surface area (Å²) in [5.74, 6) is 1.81. The molecule has 1 aliphatic heterocycles. The molecule has 0 aromatic rings. The number of piperidine rings is 1. The van der Waals surface area contributed by atoms with Gasteiger partial charge in [0.25, 0.3) is 0 Å². The normalized spacial score (nSPS) is 42.6. The topological polar surface area (TPSA) is 46.3 Å². The number of allylic oxidation sites excluding steroid dienone is 2. The van der Waals surface area contributed by atoms with E-state index in [2.05, 4.69) is 24.0 Å². The van der Waals surface area contributed by atoms with Crippen LogP contribution in [0.15, 0.2) is 12.2 Å². The second kappa shape index (κ2) is 4.69. The van der Waals surface area contributed by atoms with Gasteiger partial charge < -0.3 is 10.6 Å². The van der Waals surface area contributed by atoms with Crippen molar-refractivity contribution in [1.29, 1.82) is 0 Å². The number of fused-ring (bicyclic) bond motifs is 2. The maximum Gasteiger partial charge on any atom is 0.226 e. The van der Waals surface area contributed by atoms with E-state index in [-0.39, 0.29) is 12.0 Å². The third-order valence-electron chi connectivity index (χ3n) is 5.15.